The standard InChI is InChI=1S/C12H17N3O4S/c1-10(16)13-15-8-4-7-14(20(15,17)18)11-5-3-6-12(9-11)19-2/h3,5-6,9H,4,7-8H2,1-2H3,(H,13,16). The number of hydrazine groups is 1. The maximum atomic E-state index is 12.4. The summed E-state index contributed by atoms with van der Waals surface area (Å²) in [4.78, 5) is 11.1. The number of rotatable bonds is 3. The molecule has 1 N–H and O–H groups in total. The number of amides is 1. The van der Waals surface area contributed by atoms with Gasteiger partial charge < -0.3 is 4.74 Å². The first kappa shape index (κ1) is 14.6. The Kier molecular flexibility index (Phi) is 4.15. The molecule has 1 amide bonds. The third-order valence-corrected chi connectivity index (χ3v) is 4.68. The molecule has 8 heteroatoms. The maximum absolute atomic E-state index is 12.4. The van der Waals surface area contributed by atoms with E-state index in [1.54, 1.807) is 24.3 Å². The van der Waals surface area contributed by atoms with Gasteiger partial charge in [-0.15, -0.1) is 0 Å². The van der Waals surface area contributed by atoms with Crippen molar-refractivity contribution < 1.29 is 17.9 Å². The molecular weight excluding hydrogens is 282 g/mol. The predicted molar refractivity (Wildman–Crippen MR) is 74.4 cm³/mol. The summed E-state index contributed by atoms with van der Waals surface area (Å²) in [7, 11) is -2.24. The lowest BCUT2D eigenvalue weighted by atomic mass is 10.3. The highest BCUT2D eigenvalue weighted by Crippen LogP contribution is 2.26. The second-order valence-corrected chi connectivity index (χ2v) is 6.15. The molecule has 0 aliphatic carbocycles. The van der Waals surface area contributed by atoms with Crippen molar-refractivity contribution in [3.05, 3.63) is 24.3 Å². The normalized spacial score (nSPS) is 18.6. The van der Waals surface area contributed by atoms with E-state index in [1.165, 1.54) is 18.3 Å². The number of methoxy groups -OCH3 is 1. The molecule has 110 valence electrons. The first-order valence-electron chi connectivity index (χ1n) is 6.17. The zero-order valence-corrected chi connectivity index (χ0v) is 12.2. The molecule has 0 atom stereocenters. The van der Waals surface area contributed by atoms with Crippen LogP contribution in [0.2, 0.25) is 0 Å². The van der Waals surface area contributed by atoms with Crippen LogP contribution in [-0.2, 0) is 15.0 Å². The zero-order valence-electron chi connectivity index (χ0n) is 11.4. The third-order valence-electron chi connectivity index (χ3n) is 2.90. The molecule has 0 saturated carbocycles. The minimum atomic E-state index is -3.76. The average Bonchev–Trinajstić information content (AvgIpc) is 2.40. The molecule has 7 nitrogen and oxygen atoms in total. The number of nitrogens with one attached hydrogen (secondary N) is 1. The number of carbonyl (C=O) groups is 1. The summed E-state index contributed by atoms with van der Waals surface area (Å²) in [6.07, 6.45) is 0.622. The van der Waals surface area contributed by atoms with E-state index in [0.717, 1.165) is 4.41 Å². The van der Waals surface area contributed by atoms with Gasteiger partial charge in [-0.05, 0) is 18.6 Å². The van der Waals surface area contributed by atoms with Crippen LogP contribution in [0.25, 0.3) is 0 Å². The third kappa shape index (κ3) is 2.86. The monoisotopic (exact) mass is 299 g/mol. The van der Waals surface area contributed by atoms with Gasteiger partial charge in [-0.3, -0.25) is 14.5 Å². The fourth-order valence-electron chi connectivity index (χ4n) is 2.02. The molecule has 1 aliphatic rings. The molecule has 0 aromatic heterocycles. The van der Waals surface area contributed by atoms with E-state index >= 15 is 0 Å². The van der Waals surface area contributed by atoms with E-state index in [9.17, 15) is 13.2 Å². The first-order valence-corrected chi connectivity index (χ1v) is 7.56. The van der Waals surface area contributed by atoms with Gasteiger partial charge in [0.25, 0.3) is 0 Å². The molecular formula is C12H17N3O4S. The second kappa shape index (κ2) is 5.68. The lowest BCUT2D eigenvalue weighted by Crippen LogP contribution is -2.56. The van der Waals surface area contributed by atoms with Crippen molar-refractivity contribution in [2.75, 3.05) is 24.5 Å². The number of ether oxygens (including phenoxy) is 1. The van der Waals surface area contributed by atoms with Crippen molar-refractivity contribution in [1.82, 2.24) is 9.84 Å². The Bertz CT molecular complexity index is 602. The average molecular weight is 299 g/mol. The lowest BCUT2D eigenvalue weighted by molar-refractivity contribution is -0.121. The van der Waals surface area contributed by atoms with Gasteiger partial charge in [0.2, 0.25) is 5.91 Å². The maximum Gasteiger partial charge on any atom is 0.321 e. The highest BCUT2D eigenvalue weighted by Gasteiger charge is 2.34. The highest BCUT2D eigenvalue weighted by molar-refractivity contribution is 7.90. The molecule has 1 aromatic carbocycles. The Morgan fingerprint density at radius 2 is 2.10 bits per heavy atom. The van der Waals surface area contributed by atoms with Gasteiger partial charge in [-0.25, -0.2) is 0 Å². The number of hydrogen-bond donors (Lipinski definition) is 1. The summed E-state index contributed by atoms with van der Waals surface area (Å²) in [6.45, 7) is 1.91. The topological polar surface area (TPSA) is 79.0 Å². The van der Waals surface area contributed by atoms with Crippen molar-refractivity contribution in [3.8, 4) is 5.75 Å². The number of nitrogens with zero attached hydrogens (tertiary/aromatic N) is 2. The van der Waals surface area contributed by atoms with Gasteiger partial charge in [-0.1, -0.05) is 10.5 Å². The molecule has 0 radical (unpaired) electrons. The number of benzene rings is 1. The summed E-state index contributed by atoms with van der Waals surface area (Å²) < 4.78 is 32.2. The Morgan fingerprint density at radius 1 is 1.35 bits per heavy atom. The lowest BCUT2D eigenvalue weighted by Gasteiger charge is -2.35. The molecule has 1 fully saturated rings. The van der Waals surface area contributed by atoms with Gasteiger partial charge in [0, 0.05) is 26.1 Å². The summed E-state index contributed by atoms with van der Waals surface area (Å²) in [5.41, 5.74) is 2.85. The van der Waals surface area contributed by atoms with Crippen LogP contribution < -0.4 is 14.5 Å². The quantitative estimate of drug-likeness (QED) is 0.881. The van der Waals surface area contributed by atoms with Crippen LogP contribution in [0.15, 0.2) is 24.3 Å². The molecule has 1 aliphatic heterocycles. The van der Waals surface area contributed by atoms with Crippen molar-refractivity contribution in [3.63, 3.8) is 0 Å². The Balaban J connectivity index is 2.33. The van der Waals surface area contributed by atoms with E-state index in [4.69, 9.17) is 4.74 Å². The second-order valence-electron chi connectivity index (χ2n) is 4.38. The fraction of sp³-hybridized carbons (Fsp3) is 0.417. The SMILES string of the molecule is COc1cccc(N2CCCN(NC(C)=O)S2(=O)=O)c1. The van der Waals surface area contributed by atoms with Crippen LogP contribution in [-0.4, -0.2) is 38.9 Å². The Morgan fingerprint density at radius 3 is 2.75 bits per heavy atom. The van der Waals surface area contributed by atoms with Gasteiger partial charge in [0.15, 0.2) is 0 Å². The number of carbonyl (C=O) groups excluding carboxylic acids is 1. The van der Waals surface area contributed by atoms with Crippen LogP contribution in [0.3, 0.4) is 0 Å². The summed E-state index contributed by atoms with van der Waals surface area (Å²) >= 11 is 0. The van der Waals surface area contributed by atoms with E-state index < -0.39 is 16.1 Å². The van der Waals surface area contributed by atoms with E-state index in [1.807, 2.05) is 0 Å². The molecule has 1 saturated heterocycles. The van der Waals surface area contributed by atoms with E-state index in [2.05, 4.69) is 5.43 Å². The molecule has 0 spiro atoms. The zero-order chi connectivity index (χ0) is 14.8. The highest BCUT2D eigenvalue weighted by atomic mass is 32.2. The predicted octanol–water partition coefficient (Wildman–Crippen LogP) is 0.503. The van der Waals surface area contributed by atoms with Crippen molar-refractivity contribution >= 4 is 21.8 Å². The molecule has 20 heavy (non-hydrogen) atoms. The molecule has 1 aromatic rings. The van der Waals surface area contributed by atoms with Crippen molar-refractivity contribution in [1.29, 1.82) is 0 Å². The van der Waals surface area contributed by atoms with E-state index in [-0.39, 0.29) is 6.54 Å². The number of hydrogen-bond acceptors (Lipinski definition) is 4. The number of anilines is 1. The minimum absolute atomic E-state index is 0.266. The molecule has 0 unspecified atom stereocenters. The summed E-state index contributed by atoms with van der Waals surface area (Å²) in [5, 5.41) is 0. The van der Waals surface area contributed by atoms with Crippen molar-refractivity contribution in [2.45, 2.75) is 13.3 Å². The summed E-state index contributed by atoms with van der Waals surface area (Å²) in [6, 6.07) is 6.80. The van der Waals surface area contributed by atoms with Crippen LogP contribution in [0.1, 0.15) is 13.3 Å². The Labute approximate surface area is 118 Å². The van der Waals surface area contributed by atoms with Crippen LogP contribution >= 0.6 is 0 Å². The first-order chi connectivity index (χ1) is 9.45. The fourth-order valence-corrected chi connectivity index (χ4v) is 3.61. The van der Waals surface area contributed by atoms with Crippen LogP contribution in [0, 0.1) is 0 Å². The van der Waals surface area contributed by atoms with Crippen molar-refractivity contribution in [2.24, 2.45) is 0 Å². The van der Waals surface area contributed by atoms with Gasteiger partial charge in [0.05, 0.1) is 12.8 Å². The summed E-state index contributed by atoms with van der Waals surface area (Å²) in [5.74, 6) is 0.162. The molecule has 1 heterocycles. The largest absolute Gasteiger partial charge is 0.497 e. The van der Waals surface area contributed by atoms with Gasteiger partial charge in [-0.2, -0.15) is 8.42 Å². The molecule has 2 rings (SSSR count). The van der Waals surface area contributed by atoms with Gasteiger partial charge >= 0.3 is 10.2 Å². The van der Waals surface area contributed by atoms with Gasteiger partial charge in [0.1, 0.15) is 5.75 Å². The smallest absolute Gasteiger partial charge is 0.321 e. The Hall–Kier alpha value is -1.80. The van der Waals surface area contributed by atoms with E-state index in [0.29, 0.717) is 24.4 Å². The minimum Gasteiger partial charge on any atom is -0.497 e. The van der Waals surface area contributed by atoms with Crippen LogP contribution in [0.4, 0.5) is 5.69 Å². The molecule has 0 bridgehead atoms. The van der Waals surface area contributed by atoms with Crippen LogP contribution in [0.5, 0.6) is 5.75 Å².